The highest BCUT2D eigenvalue weighted by Gasteiger charge is 2.17. The molecule has 0 radical (unpaired) electrons. The molecule has 0 bridgehead atoms. The highest BCUT2D eigenvalue weighted by Crippen LogP contribution is 2.08. The van der Waals surface area contributed by atoms with Gasteiger partial charge in [-0.15, -0.1) is 0 Å². The fourth-order valence-electron chi connectivity index (χ4n) is 2.98. The quantitative estimate of drug-likeness (QED) is 0.612. The zero-order valence-electron chi connectivity index (χ0n) is 16.4. The van der Waals surface area contributed by atoms with Crippen LogP contribution in [-0.4, -0.2) is 67.1 Å². The minimum atomic E-state index is 0.0318. The highest BCUT2D eigenvalue weighted by atomic mass is 15.3. The average Bonchev–Trinajstić information content (AvgIpc) is 2.56. The van der Waals surface area contributed by atoms with Crippen molar-refractivity contribution in [3.63, 3.8) is 0 Å². The number of nitrogens with one attached hydrogen (secondary N) is 2. The molecule has 1 saturated heterocycles. The third kappa shape index (κ3) is 7.88. The van der Waals surface area contributed by atoms with Crippen molar-refractivity contribution in [2.24, 2.45) is 4.99 Å². The Bertz CT molecular complexity index is 513. The number of aliphatic imine (C=N–C) groups is 1. The van der Waals surface area contributed by atoms with Gasteiger partial charge in [0.25, 0.3) is 0 Å². The van der Waals surface area contributed by atoms with Crippen molar-refractivity contribution < 1.29 is 0 Å². The van der Waals surface area contributed by atoms with Gasteiger partial charge in [0.15, 0.2) is 5.96 Å². The molecule has 1 aromatic rings. The fourth-order valence-corrected chi connectivity index (χ4v) is 2.98. The van der Waals surface area contributed by atoms with Gasteiger partial charge >= 0.3 is 0 Å². The molecule has 5 heteroatoms. The summed E-state index contributed by atoms with van der Waals surface area (Å²) in [6.07, 6.45) is 0. The van der Waals surface area contributed by atoms with Crippen LogP contribution in [-0.2, 0) is 6.54 Å². The maximum Gasteiger partial charge on any atom is 0.191 e. The van der Waals surface area contributed by atoms with Crippen molar-refractivity contribution in [1.82, 2.24) is 20.4 Å². The summed E-state index contributed by atoms with van der Waals surface area (Å²) < 4.78 is 0. The molecule has 0 saturated carbocycles. The van der Waals surface area contributed by atoms with E-state index in [9.17, 15) is 0 Å². The van der Waals surface area contributed by atoms with Crippen molar-refractivity contribution in [2.45, 2.75) is 39.8 Å². The van der Waals surface area contributed by atoms with E-state index < -0.39 is 0 Å². The summed E-state index contributed by atoms with van der Waals surface area (Å²) in [4.78, 5) is 9.78. The van der Waals surface area contributed by atoms with E-state index in [2.05, 4.69) is 78.5 Å². The van der Waals surface area contributed by atoms with Crippen molar-refractivity contribution in [2.75, 3.05) is 45.8 Å². The Labute approximate surface area is 153 Å². The van der Waals surface area contributed by atoms with Crippen molar-refractivity contribution in [3.8, 4) is 0 Å². The lowest BCUT2D eigenvalue weighted by atomic mass is 10.1. The topological polar surface area (TPSA) is 42.9 Å². The molecule has 1 aromatic carbocycles. The molecule has 1 aliphatic heterocycles. The van der Waals surface area contributed by atoms with Crippen LogP contribution in [0.2, 0.25) is 0 Å². The van der Waals surface area contributed by atoms with Crippen LogP contribution in [0.1, 0.15) is 33.3 Å². The van der Waals surface area contributed by atoms with Gasteiger partial charge in [0.05, 0.1) is 6.54 Å². The SMILES string of the molecule is CCNC(=NCCN1CCN(Cc2ccccc2)CC1)NC(C)(C)C. The average molecular weight is 346 g/mol. The van der Waals surface area contributed by atoms with Crippen LogP contribution >= 0.6 is 0 Å². The Morgan fingerprint density at radius 3 is 2.28 bits per heavy atom. The third-order valence-electron chi connectivity index (χ3n) is 4.24. The Hall–Kier alpha value is -1.59. The third-order valence-corrected chi connectivity index (χ3v) is 4.24. The van der Waals surface area contributed by atoms with Crippen molar-refractivity contribution in [1.29, 1.82) is 0 Å². The Balaban J connectivity index is 1.71. The van der Waals surface area contributed by atoms with Gasteiger partial charge in [0, 0.05) is 51.4 Å². The molecule has 0 aromatic heterocycles. The molecule has 1 heterocycles. The Morgan fingerprint density at radius 2 is 1.68 bits per heavy atom. The van der Waals surface area contributed by atoms with E-state index in [1.165, 1.54) is 5.56 Å². The minimum absolute atomic E-state index is 0.0318. The van der Waals surface area contributed by atoms with E-state index >= 15 is 0 Å². The molecule has 5 nitrogen and oxygen atoms in total. The molecule has 0 unspecified atom stereocenters. The van der Waals surface area contributed by atoms with Gasteiger partial charge < -0.3 is 10.6 Å². The monoisotopic (exact) mass is 345 g/mol. The second kappa shape index (κ2) is 9.78. The normalized spacial score (nSPS) is 17.5. The van der Waals surface area contributed by atoms with Gasteiger partial charge in [-0.05, 0) is 33.3 Å². The van der Waals surface area contributed by atoms with Gasteiger partial charge in [-0.2, -0.15) is 0 Å². The van der Waals surface area contributed by atoms with Crippen LogP contribution in [0.25, 0.3) is 0 Å². The molecule has 0 spiro atoms. The van der Waals surface area contributed by atoms with E-state index in [0.29, 0.717) is 0 Å². The summed E-state index contributed by atoms with van der Waals surface area (Å²) in [6, 6.07) is 10.8. The number of guanidine groups is 1. The molecule has 1 aliphatic rings. The van der Waals surface area contributed by atoms with Gasteiger partial charge in [-0.1, -0.05) is 30.3 Å². The van der Waals surface area contributed by atoms with Gasteiger partial charge in [0.2, 0.25) is 0 Å². The van der Waals surface area contributed by atoms with Gasteiger partial charge in [-0.3, -0.25) is 14.8 Å². The second-order valence-electron chi connectivity index (χ2n) is 7.74. The maximum absolute atomic E-state index is 4.72. The van der Waals surface area contributed by atoms with E-state index in [0.717, 1.165) is 58.3 Å². The van der Waals surface area contributed by atoms with E-state index in [4.69, 9.17) is 4.99 Å². The fraction of sp³-hybridized carbons (Fsp3) is 0.650. The molecule has 0 amide bonds. The summed E-state index contributed by atoms with van der Waals surface area (Å²) in [5.41, 5.74) is 1.44. The molecule has 25 heavy (non-hydrogen) atoms. The van der Waals surface area contributed by atoms with Crippen LogP contribution in [0.4, 0.5) is 0 Å². The summed E-state index contributed by atoms with van der Waals surface area (Å²) in [5.74, 6) is 0.915. The molecule has 140 valence electrons. The lowest BCUT2D eigenvalue weighted by Gasteiger charge is -2.34. The van der Waals surface area contributed by atoms with E-state index in [1.807, 2.05) is 0 Å². The zero-order valence-corrected chi connectivity index (χ0v) is 16.4. The van der Waals surface area contributed by atoms with Crippen LogP contribution in [0, 0.1) is 0 Å². The van der Waals surface area contributed by atoms with E-state index in [-0.39, 0.29) is 5.54 Å². The number of nitrogens with zero attached hydrogens (tertiary/aromatic N) is 3. The smallest absolute Gasteiger partial charge is 0.191 e. The lowest BCUT2D eigenvalue weighted by molar-refractivity contribution is 0.130. The predicted molar refractivity (Wildman–Crippen MR) is 107 cm³/mol. The molecular formula is C20H35N5. The predicted octanol–water partition coefficient (Wildman–Crippen LogP) is 2.16. The van der Waals surface area contributed by atoms with Crippen molar-refractivity contribution >= 4 is 5.96 Å². The van der Waals surface area contributed by atoms with Crippen LogP contribution < -0.4 is 10.6 Å². The minimum Gasteiger partial charge on any atom is -0.357 e. The Kier molecular flexibility index (Phi) is 7.72. The maximum atomic E-state index is 4.72. The number of hydrogen-bond acceptors (Lipinski definition) is 3. The summed E-state index contributed by atoms with van der Waals surface area (Å²) in [6.45, 7) is 16.9. The summed E-state index contributed by atoms with van der Waals surface area (Å²) in [7, 11) is 0. The molecule has 2 N–H and O–H groups in total. The van der Waals surface area contributed by atoms with Crippen LogP contribution in [0.15, 0.2) is 35.3 Å². The van der Waals surface area contributed by atoms with E-state index in [1.54, 1.807) is 0 Å². The highest BCUT2D eigenvalue weighted by molar-refractivity contribution is 5.80. The molecule has 1 fully saturated rings. The number of benzene rings is 1. The second-order valence-corrected chi connectivity index (χ2v) is 7.74. The first-order valence-electron chi connectivity index (χ1n) is 9.51. The molecule has 0 atom stereocenters. The van der Waals surface area contributed by atoms with Crippen LogP contribution in [0.3, 0.4) is 0 Å². The van der Waals surface area contributed by atoms with Gasteiger partial charge in [0.1, 0.15) is 0 Å². The largest absolute Gasteiger partial charge is 0.357 e. The first-order valence-corrected chi connectivity index (χ1v) is 9.51. The summed E-state index contributed by atoms with van der Waals surface area (Å²) in [5, 5.41) is 6.76. The number of hydrogen-bond donors (Lipinski definition) is 2. The number of rotatable bonds is 6. The molecule has 2 rings (SSSR count). The first kappa shape index (κ1) is 19.7. The molecular weight excluding hydrogens is 310 g/mol. The van der Waals surface area contributed by atoms with Crippen molar-refractivity contribution in [3.05, 3.63) is 35.9 Å². The van der Waals surface area contributed by atoms with Gasteiger partial charge in [-0.25, -0.2) is 0 Å². The number of piperazine rings is 1. The first-order chi connectivity index (χ1) is 12.0. The zero-order chi connectivity index (χ0) is 18.1. The summed E-state index contributed by atoms with van der Waals surface area (Å²) >= 11 is 0. The Morgan fingerprint density at radius 1 is 1.04 bits per heavy atom. The lowest BCUT2D eigenvalue weighted by Crippen LogP contribution is -2.48. The van der Waals surface area contributed by atoms with Crippen LogP contribution in [0.5, 0.6) is 0 Å². The standard InChI is InChI=1S/C20H35N5/c1-5-21-19(23-20(2,3)4)22-11-12-24-13-15-25(16-14-24)17-18-9-7-6-8-10-18/h6-10H,5,11-17H2,1-4H3,(H2,21,22,23). The molecule has 0 aliphatic carbocycles.